The molecule has 0 aliphatic heterocycles. The van der Waals surface area contributed by atoms with Crippen LogP contribution in [0.15, 0.2) is 42.5 Å². The van der Waals surface area contributed by atoms with Crippen molar-refractivity contribution in [3.63, 3.8) is 0 Å². The fraction of sp³-hybridized carbons (Fsp3) is 0.318. The van der Waals surface area contributed by atoms with Gasteiger partial charge in [0.1, 0.15) is 11.5 Å². The zero-order valence-electron chi connectivity index (χ0n) is 17.6. The Balaban J connectivity index is 1.79. The Labute approximate surface area is 182 Å². The summed E-state index contributed by atoms with van der Waals surface area (Å²) in [7, 11) is 0. The number of carbonyl (C=O) groups excluding carboxylic acids is 2. The molecular formula is C22H27N3O4S. The molecule has 3 N–H and O–H groups in total. The molecule has 1 atom stereocenters. The number of aryl methyl sites for hydroxylation is 2. The molecule has 0 heterocycles. The number of hydrogen-bond donors (Lipinski definition) is 3. The van der Waals surface area contributed by atoms with Gasteiger partial charge in [0.15, 0.2) is 11.7 Å². The van der Waals surface area contributed by atoms with Crippen LogP contribution in [-0.2, 0) is 4.79 Å². The van der Waals surface area contributed by atoms with Gasteiger partial charge in [0.05, 0.1) is 6.10 Å². The van der Waals surface area contributed by atoms with Crippen LogP contribution in [-0.4, -0.2) is 29.6 Å². The van der Waals surface area contributed by atoms with Crippen LogP contribution in [0.4, 0.5) is 0 Å². The lowest BCUT2D eigenvalue weighted by atomic mass is 10.1. The van der Waals surface area contributed by atoms with Crippen LogP contribution in [0.1, 0.15) is 41.8 Å². The molecule has 2 amide bonds. The van der Waals surface area contributed by atoms with Crippen LogP contribution in [0.5, 0.6) is 11.5 Å². The second-order valence-corrected chi connectivity index (χ2v) is 7.34. The van der Waals surface area contributed by atoms with E-state index in [9.17, 15) is 9.59 Å². The van der Waals surface area contributed by atoms with Crippen molar-refractivity contribution < 1.29 is 19.1 Å². The van der Waals surface area contributed by atoms with Crippen molar-refractivity contribution in [2.45, 2.75) is 40.2 Å². The van der Waals surface area contributed by atoms with Crippen LogP contribution in [0, 0.1) is 13.8 Å². The van der Waals surface area contributed by atoms with Crippen molar-refractivity contribution in [2.24, 2.45) is 0 Å². The maximum absolute atomic E-state index is 12.4. The number of rotatable bonds is 7. The number of amides is 2. The Kier molecular flexibility index (Phi) is 8.61. The topological polar surface area (TPSA) is 88.7 Å². The van der Waals surface area contributed by atoms with Crippen LogP contribution < -0.4 is 25.6 Å². The minimum atomic E-state index is -0.435. The summed E-state index contributed by atoms with van der Waals surface area (Å²) in [6, 6.07) is 12.5. The van der Waals surface area contributed by atoms with E-state index in [4.69, 9.17) is 21.7 Å². The third-order valence-electron chi connectivity index (χ3n) is 4.12. The molecule has 160 valence electrons. The summed E-state index contributed by atoms with van der Waals surface area (Å²) in [5.74, 6) is 0.364. The Morgan fingerprint density at radius 1 is 1.03 bits per heavy atom. The highest BCUT2D eigenvalue weighted by Gasteiger charge is 2.11. The van der Waals surface area contributed by atoms with E-state index in [1.165, 1.54) is 0 Å². The van der Waals surface area contributed by atoms with E-state index in [-0.39, 0.29) is 17.8 Å². The smallest absolute Gasteiger partial charge is 0.276 e. The molecule has 0 bridgehead atoms. The predicted octanol–water partition coefficient (Wildman–Crippen LogP) is 3.20. The zero-order valence-corrected chi connectivity index (χ0v) is 18.4. The number of hydrogen-bond acceptors (Lipinski definition) is 5. The Morgan fingerprint density at radius 2 is 1.73 bits per heavy atom. The normalized spacial score (nSPS) is 11.2. The number of hydrazine groups is 1. The third kappa shape index (κ3) is 7.71. The summed E-state index contributed by atoms with van der Waals surface area (Å²) in [6.07, 6.45) is 0.907. The number of ether oxygens (including phenoxy) is 2. The van der Waals surface area contributed by atoms with Gasteiger partial charge in [0.25, 0.3) is 11.8 Å². The molecule has 0 radical (unpaired) electrons. The van der Waals surface area contributed by atoms with Gasteiger partial charge in [-0.1, -0.05) is 19.1 Å². The lowest BCUT2D eigenvalue weighted by Gasteiger charge is -2.14. The standard InChI is InChI=1S/C22H27N3O4S/c1-5-16(4)29-18-8-6-7-17(12-18)21(27)23-22(30)25-24-20(26)13-28-19-10-14(2)9-15(3)11-19/h6-12,16H,5,13H2,1-4H3,(H,24,26)(H2,23,25,27,30). The van der Waals surface area contributed by atoms with Gasteiger partial charge in [-0.05, 0) is 80.9 Å². The molecule has 8 heteroatoms. The number of nitrogens with one attached hydrogen (secondary N) is 3. The molecular weight excluding hydrogens is 402 g/mol. The van der Waals surface area contributed by atoms with Crippen LogP contribution >= 0.6 is 12.2 Å². The first-order valence-electron chi connectivity index (χ1n) is 9.64. The molecule has 2 aromatic rings. The molecule has 2 rings (SSSR count). The van der Waals surface area contributed by atoms with Crippen molar-refractivity contribution in [2.75, 3.05) is 6.61 Å². The number of benzene rings is 2. The van der Waals surface area contributed by atoms with Gasteiger partial charge in [0, 0.05) is 5.56 Å². The monoisotopic (exact) mass is 429 g/mol. The Hall–Kier alpha value is -3.13. The highest BCUT2D eigenvalue weighted by Crippen LogP contribution is 2.16. The molecule has 0 spiro atoms. The first-order chi connectivity index (χ1) is 14.3. The lowest BCUT2D eigenvalue weighted by molar-refractivity contribution is -0.123. The van der Waals surface area contributed by atoms with Gasteiger partial charge in [-0.3, -0.25) is 25.8 Å². The van der Waals surface area contributed by atoms with E-state index in [1.807, 2.05) is 45.9 Å². The molecule has 30 heavy (non-hydrogen) atoms. The molecule has 0 aliphatic carbocycles. The lowest BCUT2D eigenvalue weighted by Crippen LogP contribution is -2.49. The van der Waals surface area contributed by atoms with Gasteiger partial charge in [-0.15, -0.1) is 0 Å². The second-order valence-electron chi connectivity index (χ2n) is 6.93. The van der Waals surface area contributed by atoms with Gasteiger partial charge < -0.3 is 9.47 Å². The molecule has 0 saturated carbocycles. The van der Waals surface area contributed by atoms with Gasteiger partial charge in [-0.25, -0.2) is 0 Å². The van der Waals surface area contributed by atoms with Crippen molar-refractivity contribution in [3.05, 3.63) is 59.2 Å². The maximum atomic E-state index is 12.4. The summed E-state index contributed by atoms with van der Waals surface area (Å²) < 4.78 is 11.2. The van der Waals surface area contributed by atoms with Crippen molar-refractivity contribution >= 4 is 29.1 Å². The molecule has 1 unspecified atom stereocenters. The minimum Gasteiger partial charge on any atom is -0.491 e. The summed E-state index contributed by atoms with van der Waals surface area (Å²) in [5, 5.41) is 2.47. The molecule has 0 aliphatic rings. The van der Waals surface area contributed by atoms with E-state index in [0.717, 1.165) is 17.5 Å². The van der Waals surface area contributed by atoms with Crippen LogP contribution in [0.2, 0.25) is 0 Å². The van der Waals surface area contributed by atoms with E-state index in [0.29, 0.717) is 17.1 Å². The predicted molar refractivity (Wildman–Crippen MR) is 120 cm³/mol. The molecule has 2 aromatic carbocycles. The molecule has 7 nitrogen and oxygen atoms in total. The molecule has 0 saturated heterocycles. The highest BCUT2D eigenvalue weighted by atomic mass is 32.1. The minimum absolute atomic E-state index is 0.0343. The van der Waals surface area contributed by atoms with Crippen molar-refractivity contribution in [3.8, 4) is 11.5 Å². The largest absolute Gasteiger partial charge is 0.491 e. The third-order valence-corrected chi connectivity index (χ3v) is 4.32. The van der Waals surface area contributed by atoms with E-state index in [2.05, 4.69) is 16.2 Å². The number of thiocarbonyl (C=S) groups is 1. The maximum Gasteiger partial charge on any atom is 0.276 e. The summed E-state index contributed by atoms with van der Waals surface area (Å²) in [6.45, 7) is 7.69. The fourth-order valence-corrected chi connectivity index (χ4v) is 2.70. The number of carbonyl (C=O) groups is 2. The second kappa shape index (κ2) is 11.2. The van der Waals surface area contributed by atoms with Crippen LogP contribution in [0.25, 0.3) is 0 Å². The average Bonchev–Trinajstić information content (AvgIpc) is 2.70. The molecule has 0 fully saturated rings. The average molecular weight is 430 g/mol. The van der Waals surface area contributed by atoms with Gasteiger partial charge >= 0.3 is 0 Å². The zero-order chi connectivity index (χ0) is 22.1. The Bertz CT molecular complexity index is 897. The first kappa shape index (κ1) is 23.2. The SMILES string of the molecule is CCC(C)Oc1cccc(C(=O)NC(=S)NNC(=O)COc2cc(C)cc(C)c2)c1. The van der Waals surface area contributed by atoms with Gasteiger partial charge in [-0.2, -0.15) is 0 Å². The Morgan fingerprint density at radius 3 is 2.40 bits per heavy atom. The highest BCUT2D eigenvalue weighted by molar-refractivity contribution is 7.80. The van der Waals surface area contributed by atoms with E-state index >= 15 is 0 Å². The molecule has 0 aromatic heterocycles. The summed E-state index contributed by atoms with van der Waals surface area (Å²) >= 11 is 5.05. The van der Waals surface area contributed by atoms with E-state index < -0.39 is 11.8 Å². The quantitative estimate of drug-likeness (QED) is 0.463. The fourth-order valence-electron chi connectivity index (χ4n) is 2.56. The van der Waals surface area contributed by atoms with Crippen molar-refractivity contribution in [1.82, 2.24) is 16.2 Å². The van der Waals surface area contributed by atoms with E-state index in [1.54, 1.807) is 24.3 Å². The summed E-state index contributed by atoms with van der Waals surface area (Å²) in [5.41, 5.74) is 7.36. The van der Waals surface area contributed by atoms with Crippen LogP contribution in [0.3, 0.4) is 0 Å². The first-order valence-corrected chi connectivity index (χ1v) is 10.1. The van der Waals surface area contributed by atoms with Gasteiger partial charge in [0.2, 0.25) is 0 Å². The summed E-state index contributed by atoms with van der Waals surface area (Å²) in [4.78, 5) is 24.3. The van der Waals surface area contributed by atoms with Crippen molar-refractivity contribution in [1.29, 1.82) is 0 Å².